The minimum Gasteiger partial charge on any atom is -0.478 e. The summed E-state index contributed by atoms with van der Waals surface area (Å²) >= 11 is 7.27. The Hall–Kier alpha value is -1.69. The summed E-state index contributed by atoms with van der Waals surface area (Å²) in [5.41, 5.74) is 1.66. The highest BCUT2D eigenvalue weighted by molar-refractivity contribution is 7.16. The summed E-state index contributed by atoms with van der Waals surface area (Å²) < 4.78 is 5.09. The number of carbonyl (C=O) groups is 1. The van der Waals surface area contributed by atoms with E-state index >= 15 is 0 Å². The van der Waals surface area contributed by atoms with Gasteiger partial charge >= 0.3 is 5.97 Å². The van der Waals surface area contributed by atoms with Crippen LogP contribution in [0.3, 0.4) is 0 Å². The third kappa shape index (κ3) is 3.66. The van der Waals surface area contributed by atoms with Crippen LogP contribution in [0.5, 0.6) is 0 Å². The Morgan fingerprint density at radius 2 is 2.15 bits per heavy atom. The molecule has 0 bridgehead atoms. The number of hydrogen-bond donors (Lipinski definition) is 1. The SMILES string of the molecule is COCc1nc(-c2ccc(Cl)cc2)sc1/C=C/C(=O)O. The van der Waals surface area contributed by atoms with Crippen LogP contribution in [0.2, 0.25) is 5.02 Å². The first-order valence-corrected chi connectivity index (χ1v) is 6.95. The van der Waals surface area contributed by atoms with Crippen LogP contribution in [0.1, 0.15) is 10.6 Å². The Morgan fingerprint density at radius 3 is 2.75 bits per heavy atom. The zero-order valence-electron chi connectivity index (χ0n) is 10.7. The summed E-state index contributed by atoms with van der Waals surface area (Å²) in [6.45, 7) is 0.337. The molecule has 6 heteroatoms. The average Bonchev–Trinajstić information content (AvgIpc) is 2.81. The first kappa shape index (κ1) is 14.7. The predicted octanol–water partition coefficient (Wildman–Crippen LogP) is 3.71. The van der Waals surface area contributed by atoms with Gasteiger partial charge in [-0.15, -0.1) is 11.3 Å². The molecule has 0 saturated heterocycles. The molecule has 104 valence electrons. The van der Waals surface area contributed by atoms with Gasteiger partial charge < -0.3 is 9.84 Å². The molecule has 0 aliphatic heterocycles. The maximum absolute atomic E-state index is 10.6. The maximum atomic E-state index is 10.6. The van der Waals surface area contributed by atoms with Crippen molar-refractivity contribution in [3.63, 3.8) is 0 Å². The van der Waals surface area contributed by atoms with E-state index in [0.717, 1.165) is 27.2 Å². The molecule has 1 aromatic carbocycles. The number of aliphatic carboxylic acids is 1. The normalized spacial score (nSPS) is 11.1. The molecule has 4 nitrogen and oxygen atoms in total. The van der Waals surface area contributed by atoms with E-state index < -0.39 is 5.97 Å². The molecular formula is C14H12ClNO3S. The zero-order chi connectivity index (χ0) is 14.5. The maximum Gasteiger partial charge on any atom is 0.328 e. The lowest BCUT2D eigenvalue weighted by Gasteiger charge is -1.96. The van der Waals surface area contributed by atoms with Crippen LogP contribution >= 0.6 is 22.9 Å². The van der Waals surface area contributed by atoms with Crippen molar-refractivity contribution in [3.05, 3.63) is 45.9 Å². The van der Waals surface area contributed by atoms with Crippen molar-refractivity contribution in [2.75, 3.05) is 7.11 Å². The summed E-state index contributed by atoms with van der Waals surface area (Å²) in [5, 5.41) is 10.2. The quantitative estimate of drug-likeness (QED) is 0.855. The van der Waals surface area contributed by atoms with E-state index in [0.29, 0.717) is 11.6 Å². The Kier molecular flexibility index (Phi) is 4.89. The number of ether oxygens (including phenoxy) is 1. The number of carboxylic acid groups (broad SMARTS) is 1. The van der Waals surface area contributed by atoms with Crippen molar-refractivity contribution in [1.82, 2.24) is 4.98 Å². The largest absolute Gasteiger partial charge is 0.478 e. The standard InChI is InChI=1S/C14H12ClNO3S/c1-19-8-11-12(6-7-13(17)18)20-14(16-11)9-2-4-10(15)5-3-9/h2-7H,8H2,1H3,(H,17,18)/b7-6+. The Bertz CT molecular complexity index is 634. The fourth-order valence-electron chi connectivity index (χ4n) is 1.60. The van der Waals surface area contributed by atoms with Crippen molar-refractivity contribution in [3.8, 4) is 10.6 Å². The van der Waals surface area contributed by atoms with E-state index in [1.165, 1.54) is 17.4 Å². The number of aromatic nitrogens is 1. The molecule has 0 unspecified atom stereocenters. The molecule has 0 saturated carbocycles. The van der Waals surface area contributed by atoms with Crippen molar-refractivity contribution in [2.45, 2.75) is 6.61 Å². The van der Waals surface area contributed by atoms with Crippen molar-refractivity contribution in [2.24, 2.45) is 0 Å². The van der Waals surface area contributed by atoms with Gasteiger partial charge in [0, 0.05) is 23.8 Å². The minimum absolute atomic E-state index is 0.337. The number of nitrogens with zero attached hydrogens (tertiary/aromatic N) is 1. The fraction of sp³-hybridized carbons (Fsp3) is 0.143. The number of halogens is 1. The summed E-state index contributed by atoms with van der Waals surface area (Å²) in [4.78, 5) is 15.9. The molecule has 1 aromatic heterocycles. The van der Waals surface area contributed by atoms with Gasteiger partial charge in [-0.3, -0.25) is 0 Å². The van der Waals surface area contributed by atoms with E-state index in [1.54, 1.807) is 19.2 Å². The molecule has 0 aliphatic carbocycles. The molecule has 1 N–H and O–H groups in total. The molecule has 2 aromatic rings. The Labute approximate surface area is 125 Å². The summed E-state index contributed by atoms with van der Waals surface area (Å²) in [6.07, 6.45) is 2.63. The monoisotopic (exact) mass is 309 g/mol. The first-order chi connectivity index (χ1) is 9.60. The molecule has 0 amide bonds. The third-order valence-corrected chi connectivity index (χ3v) is 3.84. The molecule has 2 rings (SSSR count). The molecule has 20 heavy (non-hydrogen) atoms. The highest BCUT2D eigenvalue weighted by atomic mass is 35.5. The molecule has 0 spiro atoms. The molecule has 0 fully saturated rings. The highest BCUT2D eigenvalue weighted by Gasteiger charge is 2.11. The predicted molar refractivity (Wildman–Crippen MR) is 79.9 cm³/mol. The molecule has 1 heterocycles. The van der Waals surface area contributed by atoms with Gasteiger partial charge in [-0.2, -0.15) is 0 Å². The average molecular weight is 310 g/mol. The Morgan fingerprint density at radius 1 is 1.45 bits per heavy atom. The number of thiazole rings is 1. The van der Waals surface area contributed by atoms with Crippen molar-refractivity contribution in [1.29, 1.82) is 0 Å². The van der Waals surface area contributed by atoms with Gasteiger partial charge in [0.05, 0.1) is 17.2 Å². The van der Waals surface area contributed by atoms with Crippen LogP contribution in [0.4, 0.5) is 0 Å². The van der Waals surface area contributed by atoms with Crippen molar-refractivity contribution < 1.29 is 14.6 Å². The molecule has 0 radical (unpaired) electrons. The van der Waals surface area contributed by atoms with Crippen LogP contribution in [0.15, 0.2) is 30.3 Å². The summed E-state index contributed by atoms with van der Waals surface area (Å²) in [7, 11) is 1.58. The molecular weight excluding hydrogens is 298 g/mol. The van der Waals surface area contributed by atoms with E-state index in [2.05, 4.69) is 4.98 Å². The zero-order valence-corrected chi connectivity index (χ0v) is 12.2. The number of rotatable bonds is 5. The van der Waals surface area contributed by atoms with Gasteiger partial charge in [0.15, 0.2) is 0 Å². The lowest BCUT2D eigenvalue weighted by Crippen LogP contribution is -1.91. The second-order valence-electron chi connectivity index (χ2n) is 3.94. The van der Waals surface area contributed by atoms with Crippen LogP contribution in [-0.2, 0) is 16.1 Å². The van der Waals surface area contributed by atoms with Crippen LogP contribution in [-0.4, -0.2) is 23.2 Å². The molecule has 0 atom stereocenters. The van der Waals surface area contributed by atoms with Gasteiger partial charge in [-0.05, 0) is 18.2 Å². The number of carboxylic acids is 1. The van der Waals surface area contributed by atoms with Gasteiger partial charge in [0.1, 0.15) is 5.01 Å². The van der Waals surface area contributed by atoms with Crippen molar-refractivity contribution >= 4 is 35.0 Å². The minimum atomic E-state index is -0.991. The van der Waals surface area contributed by atoms with Crippen LogP contribution in [0, 0.1) is 0 Å². The van der Waals surface area contributed by atoms with Gasteiger partial charge in [-0.25, -0.2) is 9.78 Å². The number of hydrogen-bond acceptors (Lipinski definition) is 4. The highest BCUT2D eigenvalue weighted by Crippen LogP contribution is 2.30. The summed E-state index contributed by atoms with van der Waals surface area (Å²) in [5.74, 6) is -0.991. The van der Waals surface area contributed by atoms with Crippen LogP contribution in [0.25, 0.3) is 16.6 Å². The van der Waals surface area contributed by atoms with Gasteiger partial charge in [0.2, 0.25) is 0 Å². The number of benzene rings is 1. The van der Waals surface area contributed by atoms with Gasteiger partial charge in [-0.1, -0.05) is 23.7 Å². The lowest BCUT2D eigenvalue weighted by molar-refractivity contribution is -0.131. The number of methoxy groups -OCH3 is 1. The smallest absolute Gasteiger partial charge is 0.328 e. The van der Waals surface area contributed by atoms with E-state index in [9.17, 15) is 4.79 Å². The second-order valence-corrected chi connectivity index (χ2v) is 5.41. The van der Waals surface area contributed by atoms with E-state index in [4.69, 9.17) is 21.4 Å². The second kappa shape index (κ2) is 6.65. The van der Waals surface area contributed by atoms with E-state index in [1.807, 2.05) is 12.1 Å². The lowest BCUT2D eigenvalue weighted by atomic mass is 10.2. The first-order valence-electron chi connectivity index (χ1n) is 5.75. The fourth-order valence-corrected chi connectivity index (χ4v) is 2.70. The van der Waals surface area contributed by atoms with E-state index in [-0.39, 0.29) is 0 Å². The topological polar surface area (TPSA) is 59.4 Å². The van der Waals surface area contributed by atoms with Crippen LogP contribution < -0.4 is 0 Å². The Balaban J connectivity index is 2.37. The van der Waals surface area contributed by atoms with Gasteiger partial charge in [0.25, 0.3) is 0 Å². The third-order valence-electron chi connectivity index (χ3n) is 2.48. The molecule has 0 aliphatic rings. The summed E-state index contributed by atoms with van der Waals surface area (Å²) in [6, 6.07) is 7.34.